The van der Waals surface area contributed by atoms with Crippen molar-refractivity contribution < 1.29 is 28.7 Å². The van der Waals surface area contributed by atoms with Gasteiger partial charge in [0, 0.05) is 52.9 Å². The highest BCUT2D eigenvalue weighted by Crippen LogP contribution is 2.20. The zero-order chi connectivity index (χ0) is 30.4. The number of amides is 5. The molecule has 11 heteroatoms. The first-order chi connectivity index (χ1) is 20.9. The number of nitrogens with one attached hydrogen (secondary N) is 1. The molecule has 3 heterocycles. The maximum absolute atomic E-state index is 13.8. The predicted octanol–water partition coefficient (Wildman–Crippen LogP) is 3.13. The van der Waals surface area contributed by atoms with Gasteiger partial charge < -0.3 is 34.4 Å². The summed E-state index contributed by atoms with van der Waals surface area (Å²) < 4.78 is 11.4. The van der Waals surface area contributed by atoms with Crippen molar-refractivity contribution in [1.82, 2.24) is 24.9 Å². The lowest BCUT2D eigenvalue weighted by Gasteiger charge is -2.39. The number of carbonyl (C=O) groups excluding carboxylic acids is 4. The molecule has 2 saturated heterocycles. The van der Waals surface area contributed by atoms with Crippen LogP contribution in [0.2, 0.25) is 0 Å². The molecule has 0 aromatic heterocycles. The molecule has 0 spiro atoms. The highest BCUT2D eigenvalue weighted by atomic mass is 16.5. The van der Waals surface area contributed by atoms with Gasteiger partial charge >= 0.3 is 6.03 Å². The third kappa shape index (κ3) is 9.84. The van der Waals surface area contributed by atoms with Gasteiger partial charge in [0.05, 0.1) is 31.8 Å². The van der Waals surface area contributed by atoms with E-state index in [9.17, 15) is 19.2 Å². The Balaban J connectivity index is 1.44. The molecule has 3 aliphatic rings. The van der Waals surface area contributed by atoms with Gasteiger partial charge in [0.2, 0.25) is 11.8 Å². The van der Waals surface area contributed by atoms with Crippen LogP contribution in [0.5, 0.6) is 5.75 Å². The summed E-state index contributed by atoms with van der Waals surface area (Å²) in [5.74, 6) is -0.466. The predicted molar refractivity (Wildman–Crippen MR) is 163 cm³/mol. The molecule has 11 nitrogen and oxygen atoms in total. The number of piperazine rings is 1. The van der Waals surface area contributed by atoms with E-state index in [1.54, 1.807) is 44.8 Å². The van der Waals surface area contributed by atoms with Crippen LogP contribution < -0.4 is 10.1 Å². The smallest absolute Gasteiger partial charge is 0.320 e. The number of hydrogen-bond donors (Lipinski definition) is 1. The minimum absolute atomic E-state index is 0.0420. The van der Waals surface area contributed by atoms with E-state index in [1.807, 2.05) is 6.07 Å². The molecule has 1 N–H and O–H groups in total. The molecule has 5 amide bonds. The third-order valence-corrected chi connectivity index (χ3v) is 8.58. The van der Waals surface area contributed by atoms with Crippen molar-refractivity contribution in [1.29, 1.82) is 0 Å². The maximum atomic E-state index is 13.8. The molecule has 2 fully saturated rings. The van der Waals surface area contributed by atoms with Crippen LogP contribution in [0.15, 0.2) is 24.3 Å². The number of fused-ring (bicyclic) bond motifs is 1. The van der Waals surface area contributed by atoms with Crippen LogP contribution in [-0.4, -0.2) is 122 Å². The summed E-state index contributed by atoms with van der Waals surface area (Å²) in [5, 5.41) is 2.87. The Hall–Kier alpha value is -3.34. The first kappa shape index (κ1) is 32.6. The minimum Gasteiger partial charge on any atom is -0.493 e. The lowest BCUT2D eigenvalue weighted by Crippen LogP contribution is -2.58. The van der Waals surface area contributed by atoms with E-state index < -0.39 is 11.9 Å². The fraction of sp³-hybridized carbons (Fsp3) is 0.688. The number of para-hydroxylation sites is 1. The van der Waals surface area contributed by atoms with E-state index in [-0.39, 0.29) is 24.3 Å². The molecule has 4 rings (SSSR count). The summed E-state index contributed by atoms with van der Waals surface area (Å²) in [6.07, 6.45) is 9.81. The number of ether oxygens (including phenoxy) is 2. The summed E-state index contributed by atoms with van der Waals surface area (Å²) in [6, 6.07) is 5.97. The van der Waals surface area contributed by atoms with E-state index in [4.69, 9.17) is 9.47 Å². The van der Waals surface area contributed by atoms with Crippen LogP contribution in [0, 0.1) is 0 Å². The van der Waals surface area contributed by atoms with E-state index >= 15 is 0 Å². The molecular weight excluding hydrogens is 550 g/mol. The Kier molecular flexibility index (Phi) is 12.9. The Morgan fingerprint density at radius 2 is 1.30 bits per heavy atom. The van der Waals surface area contributed by atoms with Gasteiger partial charge in [-0.1, -0.05) is 57.1 Å². The Labute approximate surface area is 255 Å². The number of rotatable bonds is 1. The standard InChI is InChI=1S/C32H49N5O6/c1-34-15-11-7-5-3-2-4-6-8-12-22-43-28-14-10-9-13-26(28)30(39)33-27(25-29(34)38)31(40)35-16-18-36(19-17-35)32(41)37-20-23-42-24-21-37/h9-10,13-14,27H,2-8,11-12,15-25H2,1H3,(H,33,39)/t27-/m0/s1. The monoisotopic (exact) mass is 599 g/mol. The van der Waals surface area contributed by atoms with Gasteiger partial charge in [0.25, 0.3) is 5.91 Å². The number of hydrogen-bond acceptors (Lipinski definition) is 6. The van der Waals surface area contributed by atoms with Gasteiger partial charge in [-0.2, -0.15) is 0 Å². The normalized spacial score (nSPS) is 22.7. The molecule has 43 heavy (non-hydrogen) atoms. The topological polar surface area (TPSA) is 112 Å². The second-order valence-corrected chi connectivity index (χ2v) is 11.8. The van der Waals surface area contributed by atoms with Crippen molar-refractivity contribution in [3.63, 3.8) is 0 Å². The average molecular weight is 600 g/mol. The number of morpholine rings is 1. The fourth-order valence-electron chi connectivity index (χ4n) is 5.84. The molecule has 0 saturated carbocycles. The second kappa shape index (κ2) is 17.1. The minimum atomic E-state index is -1.03. The van der Waals surface area contributed by atoms with Crippen LogP contribution in [0.25, 0.3) is 0 Å². The molecule has 0 aliphatic carbocycles. The lowest BCUT2D eigenvalue weighted by molar-refractivity contribution is -0.139. The van der Waals surface area contributed by atoms with E-state index in [0.717, 1.165) is 32.1 Å². The molecule has 0 radical (unpaired) electrons. The number of carbonyl (C=O) groups is 4. The van der Waals surface area contributed by atoms with Crippen molar-refractivity contribution in [3.8, 4) is 5.75 Å². The van der Waals surface area contributed by atoms with Crippen molar-refractivity contribution in [2.45, 2.75) is 70.3 Å². The summed E-state index contributed by atoms with van der Waals surface area (Å²) in [4.78, 5) is 60.4. The van der Waals surface area contributed by atoms with Crippen LogP contribution in [0.1, 0.15) is 74.6 Å². The number of benzene rings is 1. The Morgan fingerprint density at radius 1 is 0.721 bits per heavy atom. The quantitative estimate of drug-likeness (QED) is 0.531. The summed E-state index contributed by atoms with van der Waals surface area (Å²) in [6.45, 7) is 4.79. The van der Waals surface area contributed by atoms with E-state index in [0.29, 0.717) is 76.9 Å². The Morgan fingerprint density at radius 3 is 2.00 bits per heavy atom. The van der Waals surface area contributed by atoms with Crippen LogP contribution in [0.3, 0.4) is 0 Å². The van der Waals surface area contributed by atoms with Gasteiger partial charge in [-0.25, -0.2) is 4.79 Å². The molecular formula is C32H49N5O6. The number of nitrogens with zero attached hydrogens (tertiary/aromatic N) is 4. The van der Waals surface area contributed by atoms with Gasteiger partial charge in [0.15, 0.2) is 0 Å². The molecule has 1 aromatic carbocycles. The molecule has 1 aromatic rings. The zero-order valence-electron chi connectivity index (χ0n) is 25.8. The first-order valence-corrected chi connectivity index (χ1v) is 16.1. The van der Waals surface area contributed by atoms with Gasteiger partial charge in [-0.05, 0) is 25.0 Å². The molecule has 1 atom stereocenters. The van der Waals surface area contributed by atoms with Crippen molar-refractivity contribution in [2.24, 2.45) is 0 Å². The SMILES string of the molecule is CN1CCCCCCCCCCCOc2ccccc2C(=O)N[C@H](C(=O)N2CCN(C(=O)N3CCOCC3)CC2)CC1=O. The summed E-state index contributed by atoms with van der Waals surface area (Å²) in [5.41, 5.74) is 0.344. The van der Waals surface area contributed by atoms with Gasteiger partial charge in [-0.15, -0.1) is 0 Å². The fourth-order valence-corrected chi connectivity index (χ4v) is 5.84. The largest absolute Gasteiger partial charge is 0.493 e. The highest BCUT2D eigenvalue weighted by Gasteiger charge is 2.34. The van der Waals surface area contributed by atoms with Gasteiger partial charge in [-0.3, -0.25) is 14.4 Å². The zero-order valence-corrected chi connectivity index (χ0v) is 25.8. The molecule has 0 bridgehead atoms. The van der Waals surface area contributed by atoms with Crippen LogP contribution in [-0.2, 0) is 14.3 Å². The van der Waals surface area contributed by atoms with Gasteiger partial charge in [0.1, 0.15) is 11.8 Å². The number of urea groups is 1. The third-order valence-electron chi connectivity index (χ3n) is 8.58. The highest BCUT2D eigenvalue weighted by molar-refractivity contribution is 6.00. The summed E-state index contributed by atoms with van der Waals surface area (Å²) in [7, 11) is 1.76. The molecule has 3 aliphatic heterocycles. The second-order valence-electron chi connectivity index (χ2n) is 11.8. The maximum Gasteiger partial charge on any atom is 0.320 e. The van der Waals surface area contributed by atoms with Crippen LogP contribution in [0.4, 0.5) is 4.79 Å². The Bertz CT molecular complexity index is 1070. The van der Waals surface area contributed by atoms with Crippen molar-refractivity contribution >= 4 is 23.8 Å². The average Bonchev–Trinajstić information content (AvgIpc) is 3.04. The molecule has 0 unspecified atom stereocenters. The van der Waals surface area contributed by atoms with Crippen molar-refractivity contribution in [3.05, 3.63) is 29.8 Å². The van der Waals surface area contributed by atoms with Crippen LogP contribution >= 0.6 is 0 Å². The van der Waals surface area contributed by atoms with E-state index in [1.165, 1.54) is 25.7 Å². The van der Waals surface area contributed by atoms with E-state index in [2.05, 4.69) is 5.32 Å². The summed E-state index contributed by atoms with van der Waals surface area (Å²) >= 11 is 0. The first-order valence-electron chi connectivity index (χ1n) is 16.1. The lowest BCUT2D eigenvalue weighted by atomic mass is 10.1. The molecule has 238 valence electrons. The van der Waals surface area contributed by atoms with Crippen molar-refractivity contribution in [2.75, 3.05) is 72.7 Å².